The van der Waals surface area contributed by atoms with Crippen molar-refractivity contribution in [2.45, 2.75) is 26.0 Å². The summed E-state index contributed by atoms with van der Waals surface area (Å²) in [5.74, 6) is -0.101. The van der Waals surface area contributed by atoms with Crippen LogP contribution in [0.2, 0.25) is 0 Å². The second-order valence-corrected chi connectivity index (χ2v) is 9.39. The molecule has 7 heteroatoms. The monoisotopic (exact) mass is 458 g/mol. The number of aliphatic hydroxyl groups is 1. The number of β-amino-alcohol motifs (C(OH)–C–C–N with tert-alkyl or cyclic N) is 1. The Hall–Kier alpha value is -3.26. The zero-order valence-electron chi connectivity index (χ0n) is 18.4. The summed E-state index contributed by atoms with van der Waals surface area (Å²) in [6, 6.07) is 16.1. The van der Waals surface area contributed by atoms with Gasteiger partial charge in [0.2, 0.25) is 0 Å². The molecule has 3 N–H and O–H groups in total. The summed E-state index contributed by atoms with van der Waals surface area (Å²) in [7, 11) is 0. The first kappa shape index (κ1) is 21.6. The summed E-state index contributed by atoms with van der Waals surface area (Å²) in [5.41, 5.74) is 5.59. The summed E-state index contributed by atoms with van der Waals surface area (Å²) in [5, 5.41) is 23.4. The second kappa shape index (κ2) is 9.31. The number of aromatic nitrogens is 2. The van der Waals surface area contributed by atoms with E-state index in [1.54, 1.807) is 0 Å². The smallest absolute Gasteiger partial charge is 0.266 e. The van der Waals surface area contributed by atoms with Gasteiger partial charge in [-0.05, 0) is 59.7 Å². The number of aliphatic hydroxyl groups excluding tert-OH is 1. The fourth-order valence-electron chi connectivity index (χ4n) is 4.23. The highest BCUT2D eigenvalue weighted by Gasteiger charge is 2.20. The first-order valence-corrected chi connectivity index (χ1v) is 11.9. The zero-order chi connectivity index (χ0) is 22.8. The molecule has 1 fully saturated rings. The number of anilines is 1. The fourth-order valence-corrected chi connectivity index (χ4v) is 5.05. The summed E-state index contributed by atoms with van der Waals surface area (Å²) in [6.45, 7) is 4.26. The van der Waals surface area contributed by atoms with Crippen LogP contribution < -0.4 is 5.32 Å². The van der Waals surface area contributed by atoms with Gasteiger partial charge in [0.15, 0.2) is 0 Å². The topological polar surface area (TPSA) is 81.2 Å². The lowest BCUT2D eigenvalue weighted by molar-refractivity contribution is 0.103. The molecule has 1 saturated heterocycles. The molecule has 3 heterocycles. The van der Waals surface area contributed by atoms with Crippen LogP contribution in [0.1, 0.15) is 38.5 Å². The first-order valence-electron chi connectivity index (χ1n) is 11.1. The van der Waals surface area contributed by atoms with Crippen LogP contribution in [-0.2, 0) is 6.54 Å². The van der Waals surface area contributed by atoms with Crippen LogP contribution in [0.3, 0.4) is 0 Å². The number of carbonyl (C=O) groups excluding carboxylic acids is 1. The Balaban J connectivity index is 1.45. The number of para-hydroxylation sites is 1. The van der Waals surface area contributed by atoms with E-state index in [1.165, 1.54) is 11.3 Å². The maximum absolute atomic E-state index is 13.0. The third kappa shape index (κ3) is 4.75. The summed E-state index contributed by atoms with van der Waals surface area (Å²) >= 11 is 1.45. The molecule has 0 spiro atoms. The van der Waals surface area contributed by atoms with Gasteiger partial charge in [0, 0.05) is 30.7 Å². The van der Waals surface area contributed by atoms with Gasteiger partial charge < -0.3 is 10.4 Å². The van der Waals surface area contributed by atoms with Crippen LogP contribution in [0.5, 0.6) is 0 Å². The van der Waals surface area contributed by atoms with Gasteiger partial charge in [-0.25, -0.2) is 0 Å². The van der Waals surface area contributed by atoms with Crippen LogP contribution in [0.15, 0.2) is 53.9 Å². The number of fused-ring (bicyclic) bond motifs is 1. The fraction of sp³-hybridized carbons (Fsp3) is 0.231. The van der Waals surface area contributed by atoms with E-state index in [1.807, 2.05) is 66.9 Å². The molecule has 4 aromatic rings. The average Bonchev–Trinajstić information content (AvgIpc) is 3.53. The molecule has 168 valence electrons. The van der Waals surface area contributed by atoms with Crippen molar-refractivity contribution in [1.29, 1.82) is 0 Å². The van der Waals surface area contributed by atoms with E-state index in [-0.39, 0.29) is 12.0 Å². The predicted molar refractivity (Wildman–Crippen MR) is 134 cm³/mol. The Morgan fingerprint density at radius 2 is 2.15 bits per heavy atom. The number of nitrogens with one attached hydrogen (secondary N) is 2. The lowest BCUT2D eigenvalue weighted by Gasteiger charge is -2.17. The average molecular weight is 459 g/mol. The van der Waals surface area contributed by atoms with Crippen molar-refractivity contribution in [3.8, 4) is 0 Å². The molecule has 1 atom stereocenters. The minimum atomic E-state index is -0.253. The number of carbonyl (C=O) groups is 1. The van der Waals surface area contributed by atoms with E-state index in [2.05, 4.69) is 26.5 Å². The molecule has 1 amide bonds. The molecule has 0 bridgehead atoms. The third-order valence-electron chi connectivity index (χ3n) is 6.01. The number of aromatic amines is 1. The van der Waals surface area contributed by atoms with Crippen molar-refractivity contribution >= 4 is 46.0 Å². The highest BCUT2D eigenvalue weighted by molar-refractivity contribution is 7.12. The van der Waals surface area contributed by atoms with Crippen molar-refractivity contribution in [2.75, 3.05) is 18.4 Å². The van der Waals surface area contributed by atoms with Gasteiger partial charge in [-0.3, -0.25) is 14.8 Å². The van der Waals surface area contributed by atoms with Gasteiger partial charge >= 0.3 is 0 Å². The molecule has 0 aliphatic carbocycles. The quantitative estimate of drug-likeness (QED) is 0.383. The number of hydrogen-bond acceptors (Lipinski definition) is 5. The summed E-state index contributed by atoms with van der Waals surface area (Å²) in [4.78, 5) is 15.9. The lowest BCUT2D eigenvalue weighted by atomic mass is 10.1. The number of H-pyrrole nitrogens is 1. The Morgan fingerprint density at radius 1 is 1.27 bits per heavy atom. The van der Waals surface area contributed by atoms with Crippen molar-refractivity contribution in [2.24, 2.45) is 0 Å². The largest absolute Gasteiger partial charge is 0.392 e. The minimum Gasteiger partial charge on any atom is -0.392 e. The number of rotatable bonds is 6. The molecule has 1 aliphatic heterocycles. The van der Waals surface area contributed by atoms with E-state index in [0.717, 1.165) is 63.4 Å². The SMILES string of the molecule is Cc1ccsc1C(=O)Nc1cc(CN2CC[C@@H](O)C2)ccc1/C=C/c1n[nH]c2ccccc12. The van der Waals surface area contributed by atoms with Crippen molar-refractivity contribution < 1.29 is 9.90 Å². The Kier molecular flexibility index (Phi) is 6.09. The number of hydrogen-bond donors (Lipinski definition) is 3. The predicted octanol–water partition coefficient (Wildman–Crippen LogP) is 4.92. The highest BCUT2D eigenvalue weighted by atomic mass is 32.1. The van der Waals surface area contributed by atoms with Gasteiger partial charge in [0.25, 0.3) is 5.91 Å². The number of aryl methyl sites for hydroxylation is 1. The highest BCUT2D eigenvalue weighted by Crippen LogP contribution is 2.26. The number of amides is 1. The van der Waals surface area contributed by atoms with E-state index in [9.17, 15) is 9.90 Å². The molecule has 6 nitrogen and oxygen atoms in total. The minimum absolute atomic E-state index is 0.101. The van der Waals surface area contributed by atoms with Gasteiger partial charge in [0.1, 0.15) is 0 Å². The van der Waals surface area contributed by atoms with Crippen LogP contribution in [0.25, 0.3) is 23.1 Å². The molecule has 0 unspecified atom stereocenters. The molecule has 0 saturated carbocycles. The summed E-state index contributed by atoms with van der Waals surface area (Å²) < 4.78 is 0. The number of nitrogens with zero attached hydrogens (tertiary/aromatic N) is 2. The lowest BCUT2D eigenvalue weighted by Crippen LogP contribution is -2.21. The van der Waals surface area contributed by atoms with Crippen LogP contribution in [0.4, 0.5) is 5.69 Å². The van der Waals surface area contributed by atoms with E-state index in [4.69, 9.17) is 0 Å². The van der Waals surface area contributed by atoms with E-state index in [0.29, 0.717) is 6.54 Å². The van der Waals surface area contributed by atoms with Gasteiger partial charge in [-0.15, -0.1) is 11.3 Å². The van der Waals surface area contributed by atoms with Crippen molar-refractivity contribution in [3.63, 3.8) is 0 Å². The van der Waals surface area contributed by atoms with E-state index >= 15 is 0 Å². The molecule has 2 aromatic heterocycles. The van der Waals surface area contributed by atoms with Crippen molar-refractivity contribution in [1.82, 2.24) is 15.1 Å². The molecule has 1 aliphatic rings. The maximum atomic E-state index is 13.0. The normalized spacial score (nSPS) is 16.7. The summed E-state index contributed by atoms with van der Waals surface area (Å²) in [6.07, 6.45) is 4.51. The Labute approximate surface area is 196 Å². The number of thiophene rings is 1. The molecule has 0 radical (unpaired) electrons. The standard InChI is InChI=1S/C26H26N4O2S/c1-17-11-13-33-25(17)26(32)27-24-14-18(15-30-12-10-20(31)16-30)6-7-19(24)8-9-23-21-4-2-3-5-22(21)28-29-23/h2-9,11,13-14,20,31H,10,12,15-16H2,1H3,(H,27,32)(H,28,29)/b9-8+/t20-/m1/s1. The number of likely N-dealkylation sites (tertiary alicyclic amines) is 1. The van der Waals surface area contributed by atoms with Crippen LogP contribution >= 0.6 is 11.3 Å². The Morgan fingerprint density at radius 3 is 2.94 bits per heavy atom. The van der Waals surface area contributed by atoms with Gasteiger partial charge in [0.05, 0.1) is 22.2 Å². The molecule has 33 heavy (non-hydrogen) atoms. The maximum Gasteiger partial charge on any atom is 0.266 e. The van der Waals surface area contributed by atoms with Gasteiger partial charge in [-0.1, -0.05) is 36.4 Å². The third-order valence-corrected chi connectivity index (χ3v) is 7.02. The molecular weight excluding hydrogens is 432 g/mol. The second-order valence-electron chi connectivity index (χ2n) is 8.47. The van der Waals surface area contributed by atoms with Gasteiger partial charge in [-0.2, -0.15) is 5.10 Å². The zero-order valence-corrected chi connectivity index (χ0v) is 19.2. The molecule has 5 rings (SSSR count). The van der Waals surface area contributed by atoms with E-state index < -0.39 is 0 Å². The first-order chi connectivity index (χ1) is 16.1. The Bertz CT molecular complexity index is 1320. The van der Waals surface area contributed by atoms with Crippen molar-refractivity contribution in [3.05, 3.63) is 81.2 Å². The molecule has 2 aromatic carbocycles. The van der Waals surface area contributed by atoms with Crippen LogP contribution in [-0.4, -0.2) is 45.3 Å². The molecular formula is C26H26N4O2S. The number of benzene rings is 2. The van der Waals surface area contributed by atoms with Crippen LogP contribution in [0, 0.1) is 6.92 Å².